The number of aliphatic imine (C=N–C) groups is 1. The lowest BCUT2D eigenvalue weighted by atomic mass is 9.88. The van der Waals surface area contributed by atoms with E-state index in [0.717, 1.165) is 49.3 Å². The van der Waals surface area contributed by atoms with Crippen LogP contribution in [0.4, 0.5) is 0 Å². The smallest absolute Gasteiger partial charge is 0.225 e. The van der Waals surface area contributed by atoms with E-state index >= 15 is 0 Å². The Bertz CT molecular complexity index is 657. The molecule has 1 aromatic rings. The maximum Gasteiger partial charge on any atom is 0.225 e. The Morgan fingerprint density at radius 1 is 1.26 bits per heavy atom. The summed E-state index contributed by atoms with van der Waals surface area (Å²) in [5, 5.41) is 6.85. The molecule has 1 aromatic carbocycles. The molecular formula is C21H31BrN4O. The molecule has 1 aliphatic heterocycles. The van der Waals surface area contributed by atoms with Crippen molar-refractivity contribution in [1.29, 1.82) is 0 Å². The van der Waals surface area contributed by atoms with Gasteiger partial charge in [-0.05, 0) is 43.9 Å². The highest BCUT2D eigenvalue weighted by atomic mass is 79.9. The molecular weight excluding hydrogens is 404 g/mol. The van der Waals surface area contributed by atoms with Gasteiger partial charge in [-0.1, -0.05) is 47.3 Å². The van der Waals surface area contributed by atoms with E-state index < -0.39 is 0 Å². The number of rotatable bonds is 5. The number of benzene rings is 1. The average molecular weight is 435 g/mol. The molecule has 1 amide bonds. The van der Waals surface area contributed by atoms with E-state index in [9.17, 15) is 4.79 Å². The van der Waals surface area contributed by atoms with Crippen LogP contribution in [-0.4, -0.2) is 42.4 Å². The van der Waals surface area contributed by atoms with Gasteiger partial charge in [-0.25, -0.2) is 4.99 Å². The molecule has 0 spiro atoms. The number of nitrogens with one attached hydrogen (secondary N) is 2. The summed E-state index contributed by atoms with van der Waals surface area (Å²) in [7, 11) is 0. The highest BCUT2D eigenvalue weighted by molar-refractivity contribution is 9.10. The van der Waals surface area contributed by atoms with E-state index in [1.54, 1.807) is 0 Å². The molecule has 27 heavy (non-hydrogen) atoms. The van der Waals surface area contributed by atoms with E-state index in [2.05, 4.69) is 50.5 Å². The van der Waals surface area contributed by atoms with Gasteiger partial charge in [0.15, 0.2) is 5.96 Å². The Morgan fingerprint density at radius 3 is 2.81 bits per heavy atom. The number of hydrogen-bond donors (Lipinski definition) is 2. The zero-order valence-electron chi connectivity index (χ0n) is 16.2. The first kappa shape index (κ1) is 20.2. The Balaban J connectivity index is 1.53. The molecule has 1 unspecified atom stereocenters. The van der Waals surface area contributed by atoms with E-state index in [4.69, 9.17) is 4.99 Å². The minimum Gasteiger partial charge on any atom is -0.357 e. The number of nitrogens with zero attached hydrogens (tertiary/aromatic N) is 2. The summed E-state index contributed by atoms with van der Waals surface area (Å²) in [4.78, 5) is 19.5. The minimum atomic E-state index is 0.260. The van der Waals surface area contributed by atoms with Crippen LogP contribution in [0.3, 0.4) is 0 Å². The molecule has 0 bridgehead atoms. The number of guanidine groups is 1. The summed E-state index contributed by atoms with van der Waals surface area (Å²) in [6, 6.07) is 8.50. The van der Waals surface area contributed by atoms with Gasteiger partial charge in [0, 0.05) is 36.1 Å². The van der Waals surface area contributed by atoms with Crippen molar-refractivity contribution in [3.63, 3.8) is 0 Å². The third-order valence-electron chi connectivity index (χ3n) is 5.45. The molecule has 2 N–H and O–H groups in total. The second-order valence-corrected chi connectivity index (χ2v) is 8.49. The minimum absolute atomic E-state index is 0.260. The first-order valence-corrected chi connectivity index (χ1v) is 11.0. The quantitative estimate of drug-likeness (QED) is 0.548. The normalized spacial score (nSPS) is 21.3. The standard InChI is InChI=1S/C21H31BrN4O/c1-2-23-21(24-14-16-7-6-10-18(22)13-16)25-19-11-12-26(15-19)20(27)17-8-4-3-5-9-17/h6-7,10,13,17,19H,2-5,8-9,11-12,14-15H2,1H3,(H2,23,24,25). The largest absolute Gasteiger partial charge is 0.357 e. The molecule has 5 nitrogen and oxygen atoms in total. The second-order valence-electron chi connectivity index (χ2n) is 7.57. The molecule has 1 saturated carbocycles. The SMILES string of the molecule is CCNC(=NCc1cccc(Br)c1)NC1CCN(C(=O)C2CCCCC2)C1. The van der Waals surface area contributed by atoms with E-state index in [0.29, 0.717) is 12.5 Å². The van der Waals surface area contributed by atoms with Crippen molar-refractivity contribution in [2.45, 2.75) is 58.0 Å². The highest BCUT2D eigenvalue weighted by Crippen LogP contribution is 2.26. The van der Waals surface area contributed by atoms with Crippen molar-refractivity contribution >= 4 is 27.8 Å². The predicted molar refractivity (Wildman–Crippen MR) is 114 cm³/mol. The van der Waals surface area contributed by atoms with Crippen LogP contribution >= 0.6 is 15.9 Å². The second kappa shape index (κ2) is 10.1. The predicted octanol–water partition coefficient (Wildman–Crippen LogP) is 3.69. The summed E-state index contributed by atoms with van der Waals surface area (Å²) in [5.74, 6) is 1.46. The van der Waals surface area contributed by atoms with Gasteiger partial charge in [0.05, 0.1) is 6.54 Å². The highest BCUT2D eigenvalue weighted by Gasteiger charge is 2.31. The Kier molecular flexibility index (Phi) is 7.56. The number of hydrogen-bond acceptors (Lipinski definition) is 2. The number of carbonyl (C=O) groups excluding carboxylic acids is 1. The first-order chi connectivity index (χ1) is 13.2. The van der Waals surface area contributed by atoms with Crippen molar-refractivity contribution in [2.75, 3.05) is 19.6 Å². The third-order valence-corrected chi connectivity index (χ3v) is 5.94. The third kappa shape index (κ3) is 5.96. The average Bonchev–Trinajstić information content (AvgIpc) is 3.15. The van der Waals surface area contributed by atoms with Crippen LogP contribution in [0.2, 0.25) is 0 Å². The van der Waals surface area contributed by atoms with Crippen LogP contribution < -0.4 is 10.6 Å². The van der Waals surface area contributed by atoms with Crippen molar-refractivity contribution in [3.8, 4) is 0 Å². The van der Waals surface area contributed by atoms with Crippen molar-refractivity contribution in [3.05, 3.63) is 34.3 Å². The summed E-state index contributed by atoms with van der Waals surface area (Å²) in [6.07, 6.45) is 6.83. The lowest BCUT2D eigenvalue weighted by Gasteiger charge is -2.26. The molecule has 2 fully saturated rings. The Hall–Kier alpha value is -1.56. The number of likely N-dealkylation sites (tertiary alicyclic amines) is 1. The fourth-order valence-corrected chi connectivity index (χ4v) is 4.45. The van der Waals surface area contributed by atoms with Crippen molar-refractivity contribution in [1.82, 2.24) is 15.5 Å². The van der Waals surface area contributed by atoms with E-state index in [1.807, 2.05) is 12.1 Å². The molecule has 2 aliphatic rings. The van der Waals surface area contributed by atoms with Gasteiger partial charge >= 0.3 is 0 Å². The van der Waals surface area contributed by atoms with Crippen LogP contribution in [0.1, 0.15) is 51.0 Å². The van der Waals surface area contributed by atoms with Crippen molar-refractivity contribution < 1.29 is 4.79 Å². The van der Waals surface area contributed by atoms with E-state index in [-0.39, 0.29) is 12.0 Å². The van der Waals surface area contributed by atoms with Gasteiger partial charge in [-0.3, -0.25) is 4.79 Å². The molecule has 148 valence electrons. The summed E-state index contributed by atoms with van der Waals surface area (Å²) in [6.45, 7) is 5.17. The molecule has 0 aromatic heterocycles. The van der Waals surface area contributed by atoms with Gasteiger partial charge < -0.3 is 15.5 Å². The molecule has 1 aliphatic carbocycles. The van der Waals surface area contributed by atoms with E-state index in [1.165, 1.54) is 24.8 Å². The van der Waals surface area contributed by atoms with Crippen molar-refractivity contribution in [2.24, 2.45) is 10.9 Å². The molecule has 1 saturated heterocycles. The first-order valence-electron chi connectivity index (χ1n) is 10.2. The maximum atomic E-state index is 12.7. The van der Waals surface area contributed by atoms with Gasteiger partial charge in [0.1, 0.15) is 0 Å². The van der Waals surface area contributed by atoms with Gasteiger partial charge in [0.25, 0.3) is 0 Å². The Labute approximate surface area is 171 Å². The number of halogens is 1. The van der Waals surface area contributed by atoms with Gasteiger partial charge in [-0.15, -0.1) is 0 Å². The molecule has 1 atom stereocenters. The lowest BCUT2D eigenvalue weighted by molar-refractivity contribution is -0.135. The van der Waals surface area contributed by atoms with Gasteiger partial charge in [-0.2, -0.15) is 0 Å². The number of amides is 1. The van der Waals surface area contributed by atoms with Crippen LogP contribution in [0.25, 0.3) is 0 Å². The van der Waals surface area contributed by atoms with Crippen LogP contribution in [0.15, 0.2) is 33.7 Å². The van der Waals surface area contributed by atoms with Crippen LogP contribution in [0.5, 0.6) is 0 Å². The Morgan fingerprint density at radius 2 is 2.07 bits per heavy atom. The summed E-state index contributed by atoms with van der Waals surface area (Å²) >= 11 is 3.51. The van der Waals surface area contributed by atoms with Gasteiger partial charge in [0.2, 0.25) is 5.91 Å². The fraction of sp³-hybridized carbons (Fsp3) is 0.619. The molecule has 3 rings (SSSR count). The van der Waals surface area contributed by atoms with Crippen LogP contribution in [-0.2, 0) is 11.3 Å². The molecule has 0 radical (unpaired) electrons. The zero-order valence-corrected chi connectivity index (χ0v) is 17.8. The topological polar surface area (TPSA) is 56.7 Å². The lowest BCUT2D eigenvalue weighted by Crippen LogP contribution is -2.45. The summed E-state index contributed by atoms with van der Waals surface area (Å²) in [5.41, 5.74) is 1.17. The maximum absolute atomic E-state index is 12.7. The summed E-state index contributed by atoms with van der Waals surface area (Å²) < 4.78 is 1.07. The fourth-order valence-electron chi connectivity index (χ4n) is 4.01. The monoisotopic (exact) mass is 434 g/mol. The molecule has 6 heteroatoms. The number of carbonyl (C=O) groups is 1. The zero-order chi connectivity index (χ0) is 19.1. The van der Waals surface area contributed by atoms with Crippen LogP contribution in [0, 0.1) is 5.92 Å². The molecule has 1 heterocycles.